The first kappa shape index (κ1) is 17.9. The molecule has 0 radical (unpaired) electrons. The first-order chi connectivity index (χ1) is 12.3. The van der Waals surface area contributed by atoms with Crippen molar-refractivity contribution in [3.05, 3.63) is 71.1 Å². The number of carbonyl (C=O) groups excluding carboxylic acids is 1. The lowest BCUT2D eigenvalue weighted by Crippen LogP contribution is -2.22. The lowest BCUT2D eigenvalue weighted by atomic mass is 9.87. The van der Waals surface area contributed by atoms with E-state index >= 15 is 0 Å². The number of nitrogens with one attached hydrogen (secondary N) is 1. The van der Waals surface area contributed by atoms with Crippen LogP contribution in [0, 0.1) is 6.92 Å². The molecule has 1 aromatic heterocycles. The third kappa shape index (κ3) is 4.17. The highest BCUT2D eigenvalue weighted by atomic mass is 16.5. The number of aromatic nitrogens is 2. The van der Waals surface area contributed by atoms with E-state index in [4.69, 9.17) is 4.52 Å². The molecule has 0 aliphatic heterocycles. The second kappa shape index (κ2) is 7.12. The fraction of sp³-hybridized carbons (Fsp3) is 0.286. The van der Waals surface area contributed by atoms with E-state index in [9.17, 15) is 4.79 Å². The molecule has 3 aromatic rings. The molecule has 5 nitrogen and oxygen atoms in total. The Morgan fingerprint density at radius 3 is 2.31 bits per heavy atom. The van der Waals surface area contributed by atoms with Crippen LogP contribution in [0.2, 0.25) is 0 Å². The Morgan fingerprint density at radius 1 is 1.04 bits per heavy atom. The van der Waals surface area contributed by atoms with Crippen LogP contribution in [0.25, 0.3) is 11.4 Å². The summed E-state index contributed by atoms with van der Waals surface area (Å²) in [5.74, 6) is 0.727. The van der Waals surface area contributed by atoms with Crippen LogP contribution < -0.4 is 5.32 Å². The zero-order chi connectivity index (χ0) is 18.7. The first-order valence-corrected chi connectivity index (χ1v) is 8.61. The van der Waals surface area contributed by atoms with Gasteiger partial charge in [0.1, 0.15) is 0 Å². The molecule has 0 spiro atoms. The van der Waals surface area contributed by atoms with Crippen molar-refractivity contribution < 1.29 is 9.32 Å². The van der Waals surface area contributed by atoms with Gasteiger partial charge in [-0.15, -0.1) is 0 Å². The van der Waals surface area contributed by atoms with Crippen molar-refractivity contribution in [1.29, 1.82) is 0 Å². The van der Waals surface area contributed by atoms with Crippen molar-refractivity contribution in [2.45, 2.75) is 39.7 Å². The van der Waals surface area contributed by atoms with Gasteiger partial charge in [0.15, 0.2) is 0 Å². The maximum atomic E-state index is 12.1. The number of hydrogen-bond acceptors (Lipinski definition) is 4. The summed E-state index contributed by atoms with van der Waals surface area (Å²) < 4.78 is 5.25. The van der Waals surface area contributed by atoms with E-state index in [0.29, 0.717) is 17.3 Å². The van der Waals surface area contributed by atoms with Crippen molar-refractivity contribution in [2.75, 3.05) is 0 Å². The number of amides is 1. The van der Waals surface area contributed by atoms with E-state index in [1.807, 2.05) is 31.2 Å². The molecular formula is C21H23N3O2. The van der Waals surface area contributed by atoms with Crippen molar-refractivity contribution >= 4 is 5.91 Å². The van der Waals surface area contributed by atoms with Crippen molar-refractivity contribution in [3.63, 3.8) is 0 Å². The van der Waals surface area contributed by atoms with Gasteiger partial charge in [0, 0.05) is 11.1 Å². The highest BCUT2D eigenvalue weighted by Gasteiger charge is 2.15. The molecule has 1 heterocycles. The summed E-state index contributed by atoms with van der Waals surface area (Å²) in [6, 6.07) is 15.5. The lowest BCUT2D eigenvalue weighted by Gasteiger charge is -2.18. The summed E-state index contributed by atoms with van der Waals surface area (Å²) in [5.41, 5.74) is 3.95. The first-order valence-electron chi connectivity index (χ1n) is 8.61. The molecule has 0 saturated carbocycles. The summed E-state index contributed by atoms with van der Waals surface area (Å²) in [6.45, 7) is 8.69. The Labute approximate surface area is 153 Å². The number of nitrogens with zero attached hydrogens (tertiary/aromatic N) is 2. The fourth-order valence-electron chi connectivity index (χ4n) is 2.53. The van der Waals surface area contributed by atoms with Gasteiger partial charge in [-0.05, 0) is 30.0 Å². The Kier molecular flexibility index (Phi) is 4.89. The molecule has 1 amide bonds. The number of aryl methyl sites for hydroxylation is 1. The highest BCUT2D eigenvalue weighted by Crippen LogP contribution is 2.24. The molecule has 0 saturated heterocycles. The second-order valence-electron chi connectivity index (χ2n) is 7.39. The number of hydrogen-bond donors (Lipinski definition) is 1. The monoisotopic (exact) mass is 349 g/mol. The van der Waals surface area contributed by atoms with Crippen LogP contribution in [0.3, 0.4) is 0 Å². The van der Waals surface area contributed by atoms with Gasteiger partial charge in [-0.2, -0.15) is 4.98 Å². The minimum Gasteiger partial charge on any atom is -0.343 e. The quantitative estimate of drug-likeness (QED) is 0.764. The van der Waals surface area contributed by atoms with Gasteiger partial charge in [-0.3, -0.25) is 4.79 Å². The van der Waals surface area contributed by atoms with Gasteiger partial charge < -0.3 is 9.84 Å². The van der Waals surface area contributed by atoms with Gasteiger partial charge in [0.25, 0.3) is 5.91 Å². The Bertz CT molecular complexity index is 888. The maximum absolute atomic E-state index is 12.1. The van der Waals surface area contributed by atoms with Crippen LogP contribution in [-0.4, -0.2) is 16.0 Å². The minimum absolute atomic E-state index is 0.0984. The van der Waals surface area contributed by atoms with E-state index in [2.05, 4.69) is 48.4 Å². The van der Waals surface area contributed by atoms with E-state index in [1.165, 1.54) is 5.56 Å². The average molecular weight is 349 g/mol. The second-order valence-corrected chi connectivity index (χ2v) is 7.39. The summed E-state index contributed by atoms with van der Waals surface area (Å²) in [4.78, 5) is 16.5. The van der Waals surface area contributed by atoms with Crippen molar-refractivity contribution in [1.82, 2.24) is 15.5 Å². The molecule has 5 heteroatoms. The predicted molar refractivity (Wildman–Crippen MR) is 101 cm³/mol. The summed E-state index contributed by atoms with van der Waals surface area (Å²) in [6.07, 6.45) is 0. The molecule has 1 N–H and O–H groups in total. The Morgan fingerprint density at radius 2 is 1.69 bits per heavy atom. The number of rotatable bonds is 4. The van der Waals surface area contributed by atoms with E-state index in [1.54, 1.807) is 12.1 Å². The van der Waals surface area contributed by atoms with E-state index in [-0.39, 0.29) is 17.9 Å². The fourth-order valence-corrected chi connectivity index (χ4v) is 2.53. The molecule has 3 rings (SSSR count). The van der Waals surface area contributed by atoms with Crippen LogP contribution in [-0.2, 0) is 12.0 Å². The Balaban J connectivity index is 1.64. The molecule has 134 valence electrons. The third-order valence-corrected chi connectivity index (χ3v) is 4.19. The van der Waals surface area contributed by atoms with Gasteiger partial charge in [-0.1, -0.05) is 67.9 Å². The minimum atomic E-state index is -0.167. The van der Waals surface area contributed by atoms with E-state index in [0.717, 1.165) is 11.1 Å². The number of benzene rings is 2. The topological polar surface area (TPSA) is 68.0 Å². The van der Waals surface area contributed by atoms with Gasteiger partial charge >= 0.3 is 0 Å². The van der Waals surface area contributed by atoms with Gasteiger partial charge in [-0.25, -0.2) is 0 Å². The zero-order valence-electron chi connectivity index (χ0n) is 15.5. The normalized spacial score (nSPS) is 11.4. The summed E-state index contributed by atoms with van der Waals surface area (Å²) in [5, 5.41) is 6.80. The van der Waals surface area contributed by atoms with Gasteiger partial charge in [0.05, 0.1) is 6.54 Å². The molecular weight excluding hydrogens is 326 g/mol. The SMILES string of the molecule is Cc1ccc(C(=O)NCc2nc(-c3ccc(C(C)(C)C)cc3)no2)cc1. The molecule has 0 aliphatic rings. The van der Waals surface area contributed by atoms with Crippen LogP contribution in [0.5, 0.6) is 0 Å². The van der Waals surface area contributed by atoms with Crippen LogP contribution >= 0.6 is 0 Å². The summed E-state index contributed by atoms with van der Waals surface area (Å²) >= 11 is 0. The van der Waals surface area contributed by atoms with Crippen LogP contribution in [0.15, 0.2) is 53.1 Å². The van der Waals surface area contributed by atoms with Crippen LogP contribution in [0.4, 0.5) is 0 Å². The largest absolute Gasteiger partial charge is 0.343 e. The molecule has 0 unspecified atom stereocenters. The molecule has 0 bridgehead atoms. The molecule has 0 fully saturated rings. The van der Waals surface area contributed by atoms with Crippen molar-refractivity contribution in [2.24, 2.45) is 0 Å². The average Bonchev–Trinajstić information content (AvgIpc) is 3.09. The maximum Gasteiger partial charge on any atom is 0.251 e. The number of carbonyl (C=O) groups is 1. The molecule has 26 heavy (non-hydrogen) atoms. The third-order valence-electron chi connectivity index (χ3n) is 4.19. The molecule has 2 aromatic carbocycles. The predicted octanol–water partition coefficient (Wildman–Crippen LogP) is 4.27. The van der Waals surface area contributed by atoms with Crippen LogP contribution in [0.1, 0.15) is 48.1 Å². The van der Waals surface area contributed by atoms with E-state index < -0.39 is 0 Å². The standard InChI is InChI=1S/C21H23N3O2/c1-14-5-7-16(8-6-14)20(25)22-13-18-23-19(24-26-18)15-9-11-17(12-10-15)21(2,3)4/h5-12H,13H2,1-4H3,(H,22,25). The highest BCUT2D eigenvalue weighted by molar-refractivity contribution is 5.94. The smallest absolute Gasteiger partial charge is 0.251 e. The zero-order valence-corrected chi connectivity index (χ0v) is 15.5. The Hall–Kier alpha value is -2.95. The molecule has 0 aliphatic carbocycles. The van der Waals surface area contributed by atoms with Crippen molar-refractivity contribution in [3.8, 4) is 11.4 Å². The van der Waals surface area contributed by atoms with Gasteiger partial charge in [0.2, 0.25) is 11.7 Å². The lowest BCUT2D eigenvalue weighted by molar-refractivity contribution is 0.0946. The summed E-state index contributed by atoms with van der Waals surface area (Å²) in [7, 11) is 0. The molecule has 0 atom stereocenters.